The molecule has 9 heavy (non-hydrogen) atoms. The van der Waals surface area contributed by atoms with Crippen molar-refractivity contribution in [3.8, 4) is 0 Å². The average Bonchev–Trinajstić information content (AvgIpc) is 1.79. The highest BCUT2D eigenvalue weighted by molar-refractivity contribution is 6.43. The first-order chi connectivity index (χ1) is 4.01. The number of rotatable bonds is 0. The van der Waals surface area contributed by atoms with Gasteiger partial charge in [0, 0.05) is 6.42 Å². The van der Waals surface area contributed by atoms with Crippen LogP contribution in [0, 0.1) is 5.41 Å². The van der Waals surface area contributed by atoms with Gasteiger partial charge in [0.15, 0.2) is 5.78 Å². The Hall–Kier alpha value is -0.300. The molecule has 0 N–H and O–H groups in total. The molecule has 0 heterocycles. The molecule has 0 fully saturated rings. The first kappa shape index (κ1) is 6.81. The fourth-order valence-electron chi connectivity index (χ4n) is 0.973. The van der Waals surface area contributed by atoms with Crippen molar-refractivity contribution in [2.45, 2.75) is 20.3 Å². The molecule has 0 atom stereocenters. The van der Waals surface area contributed by atoms with Crippen molar-refractivity contribution in [2.75, 3.05) is 0 Å². The standard InChI is InChI=1S/C7H9ClO/c1-7(2)3-5(8)6(9)4-7/h3H,4H2,1-2H3. The Morgan fingerprint density at radius 1 is 1.67 bits per heavy atom. The van der Waals surface area contributed by atoms with Crippen LogP contribution in [0.25, 0.3) is 0 Å². The van der Waals surface area contributed by atoms with Crippen molar-refractivity contribution >= 4 is 17.4 Å². The Balaban J connectivity index is 2.86. The third kappa shape index (κ3) is 1.33. The SMILES string of the molecule is CC1(C)C=C(Cl)C(=O)C1. The van der Waals surface area contributed by atoms with E-state index in [1.807, 2.05) is 19.9 Å². The van der Waals surface area contributed by atoms with Crippen LogP contribution in [-0.4, -0.2) is 5.78 Å². The van der Waals surface area contributed by atoms with E-state index in [9.17, 15) is 4.79 Å². The van der Waals surface area contributed by atoms with Gasteiger partial charge in [0.05, 0.1) is 5.03 Å². The summed E-state index contributed by atoms with van der Waals surface area (Å²) < 4.78 is 0. The molecule has 0 aromatic heterocycles. The highest BCUT2D eigenvalue weighted by Gasteiger charge is 2.28. The maximum Gasteiger partial charge on any atom is 0.174 e. The minimum absolute atomic E-state index is 0.00579. The van der Waals surface area contributed by atoms with Crippen LogP contribution in [0.2, 0.25) is 0 Å². The molecule has 0 spiro atoms. The molecule has 50 valence electrons. The summed E-state index contributed by atoms with van der Waals surface area (Å²) in [5.74, 6) is 0.0710. The Morgan fingerprint density at radius 3 is 2.33 bits per heavy atom. The minimum atomic E-state index is -0.00579. The number of hydrogen-bond donors (Lipinski definition) is 0. The molecule has 1 nitrogen and oxygen atoms in total. The number of carbonyl (C=O) groups is 1. The number of allylic oxidation sites excluding steroid dienone is 2. The van der Waals surface area contributed by atoms with Gasteiger partial charge in [-0.15, -0.1) is 0 Å². The monoisotopic (exact) mass is 144 g/mol. The van der Waals surface area contributed by atoms with Gasteiger partial charge in [0.1, 0.15) is 0 Å². The number of ketones is 1. The van der Waals surface area contributed by atoms with Gasteiger partial charge in [-0.2, -0.15) is 0 Å². The molecular weight excluding hydrogens is 136 g/mol. The number of halogens is 1. The molecule has 0 bridgehead atoms. The molecule has 0 saturated carbocycles. The van der Waals surface area contributed by atoms with Crippen LogP contribution in [-0.2, 0) is 4.79 Å². The molecule has 0 amide bonds. The van der Waals surface area contributed by atoms with E-state index in [-0.39, 0.29) is 11.2 Å². The van der Waals surface area contributed by atoms with Gasteiger partial charge in [-0.3, -0.25) is 4.79 Å². The summed E-state index contributed by atoms with van der Waals surface area (Å²) in [6.07, 6.45) is 2.38. The molecular formula is C7H9ClO. The first-order valence-electron chi connectivity index (χ1n) is 2.93. The first-order valence-corrected chi connectivity index (χ1v) is 3.31. The molecule has 1 aliphatic rings. The van der Waals surface area contributed by atoms with Crippen molar-refractivity contribution in [1.82, 2.24) is 0 Å². The highest BCUT2D eigenvalue weighted by Crippen LogP contribution is 2.33. The predicted molar refractivity (Wildman–Crippen MR) is 37.3 cm³/mol. The van der Waals surface area contributed by atoms with Crippen molar-refractivity contribution in [3.05, 3.63) is 11.1 Å². The Kier molecular flexibility index (Phi) is 1.39. The van der Waals surface area contributed by atoms with Crippen molar-refractivity contribution in [2.24, 2.45) is 5.41 Å². The second kappa shape index (κ2) is 1.84. The highest BCUT2D eigenvalue weighted by atomic mass is 35.5. The topological polar surface area (TPSA) is 17.1 Å². The van der Waals surface area contributed by atoms with Crippen LogP contribution in [0.5, 0.6) is 0 Å². The summed E-state index contributed by atoms with van der Waals surface area (Å²) in [5, 5.41) is 0.403. The van der Waals surface area contributed by atoms with Gasteiger partial charge >= 0.3 is 0 Å². The van der Waals surface area contributed by atoms with Crippen LogP contribution in [0.4, 0.5) is 0 Å². The zero-order chi connectivity index (χ0) is 7.07. The van der Waals surface area contributed by atoms with Crippen LogP contribution in [0.3, 0.4) is 0 Å². The summed E-state index contributed by atoms with van der Waals surface area (Å²) in [6.45, 7) is 4.00. The van der Waals surface area contributed by atoms with Gasteiger partial charge in [0.25, 0.3) is 0 Å². The lowest BCUT2D eigenvalue weighted by molar-refractivity contribution is -0.115. The third-order valence-electron chi connectivity index (χ3n) is 1.40. The largest absolute Gasteiger partial charge is 0.293 e. The van der Waals surface area contributed by atoms with Crippen LogP contribution >= 0.6 is 11.6 Å². The minimum Gasteiger partial charge on any atom is -0.293 e. The smallest absolute Gasteiger partial charge is 0.174 e. The normalized spacial score (nSPS) is 24.3. The molecule has 2 heteroatoms. The molecule has 1 rings (SSSR count). The maximum atomic E-state index is 10.8. The fraction of sp³-hybridized carbons (Fsp3) is 0.571. The molecule has 0 saturated heterocycles. The average molecular weight is 145 g/mol. The Bertz CT molecular complexity index is 179. The zero-order valence-corrected chi connectivity index (χ0v) is 6.33. The Morgan fingerprint density at radius 2 is 2.22 bits per heavy atom. The van der Waals surface area contributed by atoms with Crippen molar-refractivity contribution < 1.29 is 4.79 Å². The molecule has 0 radical (unpaired) electrons. The van der Waals surface area contributed by atoms with Crippen LogP contribution < -0.4 is 0 Å². The van der Waals surface area contributed by atoms with E-state index in [0.29, 0.717) is 11.5 Å². The van der Waals surface area contributed by atoms with Gasteiger partial charge < -0.3 is 0 Å². The van der Waals surface area contributed by atoms with Gasteiger partial charge in [-0.1, -0.05) is 31.5 Å². The summed E-state index contributed by atoms with van der Waals surface area (Å²) in [5.41, 5.74) is -0.00579. The lowest BCUT2D eigenvalue weighted by atomic mass is 9.93. The third-order valence-corrected chi connectivity index (χ3v) is 1.72. The summed E-state index contributed by atoms with van der Waals surface area (Å²) in [6, 6.07) is 0. The lowest BCUT2D eigenvalue weighted by Crippen LogP contribution is -2.04. The van der Waals surface area contributed by atoms with Gasteiger partial charge in [0.2, 0.25) is 0 Å². The van der Waals surface area contributed by atoms with Gasteiger partial charge in [-0.05, 0) is 5.41 Å². The quantitative estimate of drug-likeness (QED) is 0.509. The van der Waals surface area contributed by atoms with E-state index in [1.54, 1.807) is 0 Å². The van der Waals surface area contributed by atoms with E-state index in [1.165, 1.54) is 0 Å². The summed E-state index contributed by atoms with van der Waals surface area (Å²) in [7, 11) is 0. The Labute approximate surface area is 59.7 Å². The van der Waals surface area contributed by atoms with Crippen molar-refractivity contribution in [3.63, 3.8) is 0 Å². The fourth-order valence-corrected chi connectivity index (χ4v) is 1.34. The van der Waals surface area contributed by atoms with E-state index >= 15 is 0 Å². The van der Waals surface area contributed by atoms with Gasteiger partial charge in [-0.25, -0.2) is 0 Å². The lowest BCUT2D eigenvalue weighted by Gasteiger charge is -2.10. The molecule has 0 unspecified atom stereocenters. The number of hydrogen-bond acceptors (Lipinski definition) is 1. The van der Waals surface area contributed by atoms with Crippen molar-refractivity contribution in [1.29, 1.82) is 0 Å². The summed E-state index contributed by atoms with van der Waals surface area (Å²) in [4.78, 5) is 10.8. The second-order valence-electron chi connectivity index (χ2n) is 3.08. The van der Waals surface area contributed by atoms with Crippen LogP contribution in [0.15, 0.2) is 11.1 Å². The molecule has 0 aromatic rings. The maximum absolute atomic E-state index is 10.8. The number of carbonyl (C=O) groups excluding carboxylic acids is 1. The predicted octanol–water partition coefficient (Wildman–Crippen LogP) is 2.11. The molecule has 0 aromatic carbocycles. The van der Waals surface area contributed by atoms with E-state index in [0.717, 1.165) is 0 Å². The van der Waals surface area contributed by atoms with Crippen LogP contribution in [0.1, 0.15) is 20.3 Å². The van der Waals surface area contributed by atoms with E-state index in [4.69, 9.17) is 11.6 Å². The zero-order valence-electron chi connectivity index (χ0n) is 5.57. The van der Waals surface area contributed by atoms with E-state index < -0.39 is 0 Å². The number of Topliss-reactive ketones (excluding diaryl/α,β-unsaturated/α-hetero) is 1. The summed E-state index contributed by atoms with van der Waals surface area (Å²) >= 11 is 5.56. The molecule has 0 aliphatic heterocycles. The van der Waals surface area contributed by atoms with E-state index in [2.05, 4.69) is 0 Å². The molecule has 1 aliphatic carbocycles. The second-order valence-corrected chi connectivity index (χ2v) is 3.49.